The van der Waals surface area contributed by atoms with Crippen LogP contribution in [0.5, 0.6) is 0 Å². The second-order valence-electron chi connectivity index (χ2n) is 7.11. The van der Waals surface area contributed by atoms with Gasteiger partial charge in [0.1, 0.15) is 10.6 Å². The molecule has 0 radical (unpaired) electrons. The largest absolute Gasteiger partial charge is 0.360 e. The maximum atomic E-state index is 12.9. The van der Waals surface area contributed by atoms with Crippen LogP contribution >= 0.6 is 0 Å². The van der Waals surface area contributed by atoms with Gasteiger partial charge in [0.25, 0.3) is 0 Å². The highest BCUT2D eigenvalue weighted by Gasteiger charge is 2.39. The number of fused-ring (bicyclic) bond motifs is 1. The highest BCUT2D eigenvalue weighted by molar-refractivity contribution is 7.89. The minimum absolute atomic E-state index is 0.105. The summed E-state index contributed by atoms with van der Waals surface area (Å²) in [5.41, 5.74) is 2.78. The Balaban J connectivity index is 1.48. The third-order valence-corrected chi connectivity index (χ3v) is 7.52. The molecule has 0 atom stereocenters. The molecule has 1 fully saturated rings. The molecule has 0 aromatic carbocycles. The molecule has 9 heteroatoms. The summed E-state index contributed by atoms with van der Waals surface area (Å²) in [4.78, 5) is 2.25. The first-order chi connectivity index (χ1) is 12.4. The van der Waals surface area contributed by atoms with Gasteiger partial charge in [0, 0.05) is 20.1 Å². The van der Waals surface area contributed by atoms with E-state index >= 15 is 0 Å². The molecular weight excluding hydrogens is 354 g/mol. The predicted molar refractivity (Wildman–Crippen MR) is 95.6 cm³/mol. The summed E-state index contributed by atoms with van der Waals surface area (Å²) in [6.07, 6.45) is 4.43. The first-order valence-electron chi connectivity index (χ1n) is 8.89. The van der Waals surface area contributed by atoms with Crippen molar-refractivity contribution >= 4 is 15.8 Å². The van der Waals surface area contributed by atoms with Crippen LogP contribution in [0.3, 0.4) is 0 Å². The number of likely N-dealkylation sites (N-methyl/N-ethyl adjacent to an activating group) is 1. The number of rotatable bonds is 4. The van der Waals surface area contributed by atoms with Gasteiger partial charge in [-0.1, -0.05) is 5.16 Å². The summed E-state index contributed by atoms with van der Waals surface area (Å²) < 4.78 is 32.2. The Morgan fingerprint density at radius 3 is 2.62 bits per heavy atom. The summed E-state index contributed by atoms with van der Waals surface area (Å²) >= 11 is 0. The van der Waals surface area contributed by atoms with Crippen molar-refractivity contribution in [1.82, 2.24) is 19.7 Å². The molecule has 26 heavy (non-hydrogen) atoms. The lowest BCUT2D eigenvalue weighted by molar-refractivity contribution is 0.308. The van der Waals surface area contributed by atoms with Crippen molar-refractivity contribution in [2.75, 3.05) is 25.0 Å². The third kappa shape index (κ3) is 2.79. The second-order valence-corrected chi connectivity index (χ2v) is 9.05. The number of anilines is 1. The molecule has 2 aliphatic rings. The van der Waals surface area contributed by atoms with Gasteiger partial charge in [-0.3, -0.25) is 0 Å². The molecule has 0 bridgehead atoms. The normalized spacial score (nSPS) is 18.1. The van der Waals surface area contributed by atoms with Crippen molar-refractivity contribution in [3.05, 3.63) is 28.8 Å². The van der Waals surface area contributed by atoms with Crippen LogP contribution in [-0.2, 0) is 22.9 Å². The van der Waals surface area contributed by atoms with Gasteiger partial charge in [0.2, 0.25) is 10.0 Å². The van der Waals surface area contributed by atoms with Crippen LogP contribution in [0.4, 0.5) is 5.82 Å². The standard InChI is InChI=1S/C17H23N5O3S/c1-11-17(12(2)25-20-11)26(23,24)21(3)14-9-22(10-14)16-8-13-6-4-5-7-15(13)18-19-16/h8,14H,4-7,9-10H2,1-3H3. The van der Waals surface area contributed by atoms with Gasteiger partial charge < -0.3 is 9.42 Å². The van der Waals surface area contributed by atoms with Crippen molar-refractivity contribution < 1.29 is 12.9 Å². The molecule has 140 valence electrons. The van der Waals surface area contributed by atoms with E-state index in [1.807, 2.05) is 0 Å². The fraction of sp³-hybridized carbons (Fsp3) is 0.588. The number of aryl methyl sites for hydroxylation is 4. The Morgan fingerprint density at radius 1 is 1.19 bits per heavy atom. The average molecular weight is 377 g/mol. The maximum absolute atomic E-state index is 12.9. The van der Waals surface area contributed by atoms with Crippen molar-refractivity contribution in [2.24, 2.45) is 0 Å². The average Bonchev–Trinajstić information content (AvgIpc) is 2.92. The smallest absolute Gasteiger partial charge is 0.248 e. The molecule has 1 aliphatic heterocycles. The second kappa shape index (κ2) is 6.31. The number of sulfonamides is 1. The SMILES string of the molecule is Cc1noc(C)c1S(=O)(=O)N(C)C1CN(c2cc3c(nn2)CCCC3)C1. The summed E-state index contributed by atoms with van der Waals surface area (Å²) in [6, 6.07) is 2.01. The van der Waals surface area contributed by atoms with Crippen molar-refractivity contribution in [2.45, 2.75) is 50.5 Å². The van der Waals surface area contributed by atoms with Gasteiger partial charge in [0.15, 0.2) is 11.6 Å². The lowest BCUT2D eigenvalue weighted by atomic mass is 9.96. The van der Waals surface area contributed by atoms with Gasteiger partial charge in [-0.25, -0.2) is 8.42 Å². The highest BCUT2D eigenvalue weighted by Crippen LogP contribution is 2.29. The Labute approximate surface area is 153 Å². The molecule has 2 aromatic heterocycles. The van der Waals surface area contributed by atoms with Crippen LogP contribution in [0.1, 0.15) is 35.6 Å². The van der Waals surface area contributed by atoms with E-state index in [1.165, 1.54) is 22.7 Å². The monoisotopic (exact) mass is 377 g/mol. The zero-order chi connectivity index (χ0) is 18.5. The Bertz CT molecular complexity index is 914. The molecule has 0 unspecified atom stereocenters. The highest BCUT2D eigenvalue weighted by atomic mass is 32.2. The van der Waals surface area contributed by atoms with Crippen LogP contribution in [0.25, 0.3) is 0 Å². The summed E-state index contributed by atoms with van der Waals surface area (Å²) in [7, 11) is -2.01. The van der Waals surface area contributed by atoms with Gasteiger partial charge in [-0.2, -0.15) is 9.40 Å². The minimum Gasteiger partial charge on any atom is -0.360 e. The van der Waals surface area contributed by atoms with Gasteiger partial charge >= 0.3 is 0 Å². The fourth-order valence-corrected chi connectivity index (χ4v) is 5.31. The first-order valence-corrected chi connectivity index (χ1v) is 10.3. The Kier molecular flexibility index (Phi) is 4.23. The van der Waals surface area contributed by atoms with Crippen LogP contribution < -0.4 is 4.90 Å². The number of hydrogen-bond acceptors (Lipinski definition) is 7. The lowest BCUT2D eigenvalue weighted by Crippen LogP contribution is -2.60. The minimum atomic E-state index is -3.62. The predicted octanol–water partition coefficient (Wildman–Crippen LogP) is 1.47. The van der Waals surface area contributed by atoms with Gasteiger partial charge in [-0.05, 0) is 51.2 Å². The van der Waals surface area contributed by atoms with Gasteiger partial charge in [-0.15, -0.1) is 5.10 Å². The molecule has 0 saturated carbocycles. The number of hydrogen-bond donors (Lipinski definition) is 0. The van der Waals surface area contributed by atoms with Crippen molar-refractivity contribution in [3.8, 4) is 0 Å². The quantitative estimate of drug-likeness (QED) is 0.796. The fourth-order valence-electron chi connectivity index (χ4n) is 3.69. The van der Waals surface area contributed by atoms with Crippen LogP contribution in [0.2, 0.25) is 0 Å². The molecule has 1 aliphatic carbocycles. The summed E-state index contributed by atoms with van der Waals surface area (Å²) in [6.45, 7) is 4.47. The van der Waals surface area contributed by atoms with Crippen molar-refractivity contribution in [3.63, 3.8) is 0 Å². The van der Waals surface area contributed by atoms with Crippen LogP contribution in [0.15, 0.2) is 15.5 Å². The number of aromatic nitrogens is 3. The van der Waals surface area contributed by atoms with E-state index in [1.54, 1.807) is 20.9 Å². The van der Waals surface area contributed by atoms with E-state index in [4.69, 9.17) is 4.52 Å². The maximum Gasteiger partial charge on any atom is 0.248 e. The van der Waals surface area contributed by atoms with E-state index in [9.17, 15) is 8.42 Å². The first kappa shape index (κ1) is 17.4. The Morgan fingerprint density at radius 2 is 1.92 bits per heavy atom. The van der Waals surface area contributed by atoms with Gasteiger partial charge in [0.05, 0.1) is 11.7 Å². The zero-order valence-electron chi connectivity index (χ0n) is 15.3. The van der Waals surface area contributed by atoms with Crippen LogP contribution in [-0.4, -0.2) is 54.3 Å². The van der Waals surface area contributed by atoms with E-state index in [0.29, 0.717) is 24.5 Å². The molecule has 4 rings (SSSR count). The molecule has 1 saturated heterocycles. The third-order valence-electron chi connectivity index (χ3n) is 5.36. The van der Waals surface area contributed by atoms with E-state index in [-0.39, 0.29) is 10.9 Å². The summed E-state index contributed by atoms with van der Waals surface area (Å²) in [5, 5.41) is 12.5. The topological polar surface area (TPSA) is 92.4 Å². The van der Waals surface area contributed by atoms with E-state index in [0.717, 1.165) is 24.4 Å². The molecule has 0 N–H and O–H groups in total. The zero-order valence-corrected chi connectivity index (χ0v) is 16.1. The molecule has 2 aromatic rings. The molecule has 8 nitrogen and oxygen atoms in total. The molecule has 0 spiro atoms. The molecular formula is C17H23N5O3S. The van der Waals surface area contributed by atoms with Crippen LogP contribution in [0, 0.1) is 13.8 Å². The molecule has 3 heterocycles. The lowest BCUT2D eigenvalue weighted by Gasteiger charge is -2.43. The molecule has 0 amide bonds. The van der Waals surface area contributed by atoms with E-state index < -0.39 is 10.0 Å². The number of nitrogens with zero attached hydrogens (tertiary/aromatic N) is 5. The van der Waals surface area contributed by atoms with E-state index in [2.05, 4.69) is 26.3 Å². The van der Waals surface area contributed by atoms with Crippen molar-refractivity contribution in [1.29, 1.82) is 0 Å². The Hall–Kier alpha value is -2.00. The summed E-state index contributed by atoms with van der Waals surface area (Å²) in [5.74, 6) is 1.16.